The number of ether oxygens (including phenoxy) is 1. The second-order valence-corrected chi connectivity index (χ2v) is 3.12. The van der Waals surface area contributed by atoms with Gasteiger partial charge in [-0.05, 0) is 18.6 Å². The van der Waals surface area contributed by atoms with Gasteiger partial charge >= 0.3 is 12.5 Å². The van der Waals surface area contributed by atoms with Gasteiger partial charge in [0.25, 0.3) is 0 Å². The van der Waals surface area contributed by atoms with Crippen LogP contribution in [0, 0.1) is 12.7 Å². The zero-order valence-corrected chi connectivity index (χ0v) is 8.21. The molecule has 0 aliphatic rings. The predicted octanol–water partition coefficient (Wildman–Crippen LogP) is 4.05. The van der Waals surface area contributed by atoms with Crippen molar-refractivity contribution in [2.75, 3.05) is 0 Å². The first-order valence-electron chi connectivity index (χ1n) is 4.14. The molecule has 0 aromatic heterocycles. The maximum atomic E-state index is 13.2. The molecule has 0 atom stereocenters. The number of rotatable bonds is 1. The fourth-order valence-electron chi connectivity index (χ4n) is 1.21. The number of halogens is 7. The molecule has 1 aromatic rings. The second-order valence-electron chi connectivity index (χ2n) is 3.12. The highest BCUT2D eigenvalue weighted by Gasteiger charge is 2.39. The zero-order chi connectivity index (χ0) is 13.4. The van der Waals surface area contributed by atoms with E-state index in [1.807, 2.05) is 0 Å². The molecule has 0 saturated carbocycles. The summed E-state index contributed by atoms with van der Waals surface area (Å²) in [6.07, 6.45) is -10.3. The summed E-state index contributed by atoms with van der Waals surface area (Å²) in [7, 11) is 0. The minimum Gasteiger partial charge on any atom is -0.403 e. The molecule has 1 rings (SSSR count). The van der Waals surface area contributed by atoms with Crippen LogP contribution >= 0.6 is 0 Å². The maximum Gasteiger partial charge on any atom is 0.573 e. The van der Waals surface area contributed by atoms with Gasteiger partial charge in [0, 0.05) is 0 Å². The molecule has 1 aromatic carbocycles. The molecule has 8 heteroatoms. The first-order chi connectivity index (χ1) is 7.52. The lowest BCUT2D eigenvalue weighted by Crippen LogP contribution is -2.20. The lowest BCUT2D eigenvalue weighted by Gasteiger charge is -2.15. The molecule has 96 valence electrons. The van der Waals surface area contributed by atoms with E-state index in [1.165, 1.54) is 0 Å². The highest BCUT2D eigenvalue weighted by Crippen LogP contribution is 2.38. The first-order valence-corrected chi connectivity index (χ1v) is 4.14. The van der Waals surface area contributed by atoms with Gasteiger partial charge in [-0.1, -0.05) is 6.07 Å². The molecule has 0 heterocycles. The van der Waals surface area contributed by atoms with Crippen molar-refractivity contribution >= 4 is 0 Å². The van der Waals surface area contributed by atoms with Crippen molar-refractivity contribution in [3.8, 4) is 5.75 Å². The quantitative estimate of drug-likeness (QED) is 0.694. The summed E-state index contributed by atoms with van der Waals surface area (Å²) in [5.41, 5.74) is -2.29. The Morgan fingerprint density at radius 2 is 1.53 bits per heavy atom. The molecule has 17 heavy (non-hydrogen) atoms. The summed E-state index contributed by atoms with van der Waals surface area (Å²) in [5.74, 6) is -3.58. The van der Waals surface area contributed by atoms with Gasteiger partial charge in [0.2, 0.25) is 0 Å². The van der Waals surface area contributed by atoms with Crippen molar-refractivity contribution in [1.82, 2.24) is 0 Å². The van der Waals surface area contributed by atoms with Gasteiger partial charge in [0.05, 0.1) is 5.56 Å². The SMILES string of the molecule is Cc1ccc(OC(F)(F)F)c(F)c1C(F)(F)F. The molecule has 0 aliphatic heterocycles. The number of alkyl halides is 6. The van der Waals surface area contributed by atoms with E-state index in [2.05, 4.69) is 4.74 Å². The van der Waals surface area contributed by atoms with E-state index < -0.39 is 35.2 Å². The van der Waals surface area contributed by atoms with Crippen LogP contribution in [0.5, 0.6) is 5.75 Å². The third-order valence-corrected chi connectivity index (χ3v) is 1.82. The van der Waals surface area contributed by atoms with Crippen LogP contribution in [-0.2, 0) is 6.18 Å². The van der Waals surface area contributed by atoms with Gasteiger partial charge < -0.3 is 4.74 Å². The monoisotopic (exact) mass is 262 g/mol. The van der Waals surface area contributed by atoms with E-state index in [4.69, 9.17) is 0 Å². The molecule has 0 radical (unpaired) electrons. The molecular formula is C9H5F7O. The number of hydrogen-bond acceptors (Lipinski definition) is 1. The zero-order valence-electron chi connectivity index (χ0n) is 8.21. The Labute approximate surface area is 90.8 Å². The largest absolute Gasteiger partial charge is 0.573 e. The fraction of sp³-hybridized carbons (Fsp3) is 0.333. The molecular weight excluding hydrogens is 257 g/mol. The van der Waals surface area contributed by atoms with Gasteiger partial charge in [-0.2, -0.15) is 13.2 Å². The third kappa shape index (κ3) is 3.24. The minimum atomic E-state index is -5.25. The van der Waals surface area contributed by atoms with Gasteiger partial charge in [0.15, 0.2) is 11.6 Å². The van der Waals surface area contributed by atoms with Crippen molar-refractivity contribution in [3.63, 3.8) is 0 Å². The van der Waals surface area contributed by atoms with Gasteiger partial charge in [0.1, 0.15) is 0 Å². The standard InChI is InChI=1S/C9H5F7O/c1-4-2-3-5(17-9(14,15)16)7(10)6(4)8(11,12)13/h2-3H,1H3. The summed E-state index contributed by atoms with van der Waals surface area (Å²) in [4.78, 5) is 0. The molecule has 0 saturated heterocycles. The van der Waals surface area contributed by atoms with Gasteiger partial charge in [-0.25, -0.2) is 4.39 Å². The van der Waals surface area contributed by atoms with Crippen LogP contribution in [0.4, 0.5) is 30.7 Å². The average molecular weight is 262 g/mol. The Morgan fingerprint density at radius 3 is 1.94 bits per heavy atom. The summed E-state index contributed by atoms with van der Waals surface area (Å²) in [6.45, 7) is 0.934. The van der Waals surface area contributed by atoms with Crippen molar-refractivity contribution in [2.24, 2.45) is 0 Å². The Bertz CT molecular complexity index is 419. The van der Waals surface area contributed by atoms with E-state index in [0.29, 0.717) is 12.1 Å². The van der Waals surface area contributed by atoms with Crippen LogP contribution in [-0.4, -0.2) is 6.36 Å². The van der Waals surface area contributed by atoms with Crippen LogP contribution in [0.2, 0.25) is 0 Å². The van der Waals surface area contributed by atoms with Crippen molar-refractivity contribution in [1.29, 1.82) is 0 Å². The molecule has 0 fully saturated rings. The second kappa shape index (κ2) is 4.08. The Kier molecular flexibility index (Phi) is 3.26. The average Bonchev–Trinajstić information content (AvgIpc) is 2.06. The molecule has 1 nitrogen and oxygen atoms in total. The molecule has 0 unspecified atom stereocenters. The van der Waals surface area contributed by atoms with Crippen molar-refractivity contribution in [3.05, 3.63) is 29.1 Å². The lowest BCUT2D eigenvalue weighted by atomic mass is 10.1. The van der Waals surface area contributed by atoms with E-state index in [-0.39, 0.29) is 0 Å². The van der Waals surface area contributed by atoms with Crippen LogP contribution in [0.25, 0.3) is 0 Å². The van der Waals surface area contributed by atoms with E-state index in [9.17, 15) is 30.7 Å². The van der Waals surface area contributed by atoms with Gasteiger partial charge in [-0.3, -0.25) is 0 Å². The highest BCUT2D eigenvalue weighted by molar-refractivity contribution is 5.38. The van der Waals surface area contributed by atoms with E-state index >= 15 is 0 Å². The Hall–Kier alpha value is -1.47. The van der Waals surface area contributed by atoms with Crippen LogP contribution in [0.3, 0.4) is 0 Å². The highest BCUT2D eigenvalue weighted by atomic mass is 19.4. The smallest absolute Gasteiger partial charge is 0.403 e. The first kappa shape index (κ1) is 13.6. The normalized spacial score (nSPS) is 12.7. The van der Waals surface area contributed by atoms with Crippen molar-refractivity contribution < 1.29 is 35.5 Å². The number of benzene rings is 1. The lowest BCUT2D eigenvalue weighted by molar-refractivity contribution is -0.275. The summed E-state index contributed by atoms with van der Waals surface area (Å²) < 4.78 is 88.7. The maximum absolute atomic E-state index is 13.2. The van der Waals surface area contributed by atoms with E-state index in [0.717, 1.165) is 6.92 Å². The van der Waals surface area contributed by atoms with E-state index in [1.54, 1.807) is 0 Å². The summed E-state index contributed by atoms with van der Waals surface area (Å²) in [6, 6.07) is 1.19. The Balaban J connectivity index is 3.30. The summed E-state index contributed by atoms with van der Waals surface area (Å²) in [5, 5.41) is 0. The molecule has 0 bridgehead atoms. The third-order valence-electron chi connectivity index (χ3n) is 1.82. The summed E-state index contributed by atoms with van der Waals surface area (Å²) >= 11 is 0. The number of hydrogen-bond donors (Lipinski definition) is 0. The number of aryl methyl sites for hydroxylation is 1. The fourth-order valence-corrected chi connectivity index (χ4v) is 1.21. The molecule has 0 spiro atoms. The van der Waals surface area contributed by atoms with Crippen LogP contribution in [0.15, 0.2) is 12.1 Å². The minimum absolute atomic E-state index is 0.493. The Morgan fingerprint density at radius 1 is 1.00 bits per heavy atom. The van der Waals surface area contributed by atoms with Crippen LogP contribution in [0.1, 0.15) is 11.1 Å². The van der Waals surface area contributed by atoms with Gasteiger partial charge in [-0.15, -0.1) is 13.2 Å². The van der Waals surface area contributed by atoms with Crippen LogP contribution < -0.4 is 4.74 Å². The molecule has 0 N–H and O–H groups in total. The van der Waals surface area contributed by atoms with Crippen molar-refractivity contribution in [2.45, 2.75) is 19.5 Å². The topological polar surface area (TPSA) is 9.23 Å². The molecule has 0 aliphatic carbocycles. The molecule has 0 amide bonds. The predicted molar refractivity (Wildman–Crippen MR) is 42.8 cm³/mol.